The number of nitrogens with zero attached hydrogens (tertiary/aromatic N) is 4. The molecule has 26 heavy (non-hydrogen) atoms. The summed E-state index contributed by atoms with van der Waals surface area (Å²) in [6.45, 7) is 0. The molecular formula is C16H13Cl2N5O2S. The van der Waals surface area contributed by atoms with E-state index in [-0.39, 0.29) is 11.7 Å². The third-order valence-corrected chi connectivity index (χ3v) is 4.93. The fourth-order valence-electron chi connectivity index (χ4n) is 2.07. The van der Waals surface area contributed by atoms with Gasteiger partial charge in [-0.05, 0) is 40.8 Å². The third kappa shape index (κ3) is 4.46. The van der Waals surface area contributed by atoms with E-state index in [1.165, 1.54) is 11.8 Å². The maximum atomic E-state index is 12.1. The molecule has 2 aromatic carbocycles. The molecule has 0 atom stereocenters. The van der Waals surface area contributed by atoms with Crippen LogP contribution in [0.5, 0.6) is 5.75 Å². The zero-order chi connectivity index (χ0) is 18.5. The molecule has 0 bridgehead atoms. The Morgan fingerprint density at radius 2 is 2.08 bits per heavy atom. The minimum atomic E-state index is -0.214. The Balaban J connectivity index is 1.66. The number of hydrogen-bond acceptors (Lipinski definition) is 6. The van der Waals surface area contributed by atoms with Gasteiger partial charge in [-0.3, -0.25) is 4.79 Å². The lowest BCUT2D eigenvalue weighted by molar-refractivity contribution is -0.113. The fraction of sp³-hybridized carbons (Fsp3) is 0.125. The van der Waals surface area contributed by atoms with Gasteiger partial charge >= 0.3 is 0 Å². The highest BCUT2D eigenvalue weighted by atomic mass is 35.5. The van der Waals surface area contributed by atoms with Gasteiger partial charge in [0.1, 0.15) is 5.75 Å². The number of hydrogen-bond donors (Lipinski definition) is 1. The Labute approximate surface area is 163 Å². The molecule has 0 unspecified atom stereocenters. The van der Waals surface area contributed by atoms with Gasteiger partial charge < -0.3 is 10.1 Å². The van der Waals surface area contributed by atoms with Crippen molar-refractivity contribution < 1.29 is 9.53 Å². The van der Waals surface area contributed by atoms with Gasteiger partial charge in [0.05, 0.1) is 28.6 Å². The molecule has 0 aliphatic heterocycles. The van der Waals surface area contributed by atoms with Crippen LogP contribution in [0.15, 0.2) is 47.6 Å². The molecule has 0 radical (unpaired) electrons. The standard InChI is InChI=1S/C16H13Cl2N5O2S/c1-25-12-4-2-3-11(8-12)23-16(20-21-22-23)26-9-15(24)19-10-5-6-13(17)14(18)7-10/h2-8H,9H2,1H3,(H,19,24). The third-order valence-electron chi connectivity index (χ3n) is 3.27. The van der Waals surface area contributed by atoms with Crippen molar-refractivity contribution in [2.24, 2.45) is 0 Å². The highest BCUT2D eigenvalue weighted by Crippen LogP contribution is 2.25. The Kier molecular flexibility index (Phi) is 5.97. The summed E-state index contributed by atoms with van der Waals surface area (Å²) in [6, 6.07) is 12.2. The van der Waals surface area contributed by atoms with Crippen molar-refractivity contribution in [1.82, 2.24) is 20.2 Å². The second-order valence-corrected chi connectivity index (χ2v) is 6.80. The largest absolute Gasteiger partial charge is 0.497 e. The number of ether oxygens (including phenoxy) is 1. The summed E-state index contributed by atoms with van der Waals surface area (Å²) in [5.41, 5.74) is 1.30. The Morgan fingerprint density at radius 3 is 2.85 bits per heavy atom. The van der Waals surface area contributed by atoms with E-state index in [0.717, 1.165) is 5.69 Å². The first-order chi connectivity index (χ1) is 12.6. The van der Waals surface area contributed by atoms with E-state index in [0.29, 0.717) is 26.6 Å². The summed E-state index contributed by atoms with van der Waals surface area (Å²) >= 11 is 13.0. The van der Waals surface area contributed by atoms with E-state index in [4.69, 9.17) is 27.9 Å². The Hall–Kier alpha value is -2.29. The predicted octanol–water partition coefficient (Wildman–Crippen LogP) is 3.71. The summed E-state index contributed by atoms with van der Waals surface area (Å²) in [5.74, 6) is 0.602. The van der Waals surface area contributed by atoms with Crippen LogP contribution in [0.2, 0.25) is 10.0 Å². The van der Waals surface area contributed by atoms with Crippen molar-refractivity contribution in [1.29, 1.82) is 0 Å². The maximum absolute atomic E-state index is 12.1. The highest BCUT2D eigenvalue weighted by molar-refractivity contribution is 7.99. The van der Waals surface area contributed by atoms with Gasteiger partial charge in [0.25, 0.3) is 0 Å². The molecule has 3 aromatic rings. The average molecular weight is 410 g/mol. The summed E-state index contributed by atoms with van der Waals surface area (Å²) in [4.78, 5) is 12.1. The Morgan fingerprint density at radius 1 is 1.23 bits per heavy atom. The first kappa shape index (κ1) is 18.5. The molecule has 1 amide bonds. The van der Waals surface area contributed by atoms with Gasteiger partial charge in [0, 0.05) is 11.8 Å². The van der Waals surface area contributed by atoms with E-state index in [1.54, 1.807) is 36.1 Å². The number of thioether (sulfide) groups is 1. The predicted molar refractivity (Wildman–Crippen MR) is 102 cm³/mol. The number of amides is 1. The van der Waals surface area contributed by atoms with Crippen molar-refractivity contribution in [3.05, 3.63) is 52.5 Å². The van der Waals surface area contributed by atoms with E-state index in [2.05, 4.69) is 20.8 Å². The number of anilines is 1. The van der Waals surface area contributed by atoms with Crippen LogP contribution in [0.4, 0.5) is 5.69 Å². The number of rotatable bonds is 6. The van der Waals surface area contributed by atoms with Crippen molar-refractivity contribution >= 4 is 46.6 Å². The molecule has 0 aliphatic rings. The van der Waals surface area contributed by atoms with Crippen LogP contribution in [0.3, 0.4) is 0 Å². The summed E-state index contributed by atoms with van der Waals surface area (Å²) in [7, 11) is 1.59. The number of methoxy groups -OCH3 is 1. The maximum Gasteiger partial charge on any atom is 0.234 e. The molecule has 0 saturated heterocycles. The number of halogens is 2. The van der Waals surface area contributed by atoms with Gasteiger partial charge in [-0.15, -0.1) is 5.10 Å². The van der Waals surface area contributed by atoms with Crippen LogP contribution in [0.1, 0.15) is 0 Å². The lowest BCUT2D eigenvalue weighted by Crippen LogP contribution is -2.14. The first-order valence-corrected chi connectivity index (χ1v) is 9.11. The van der Waals surface area contributed by atoms with Gasteiger partial charge in [-0.2, -0.15) is 4.68 Å². The molecule has 7 nitrogen and oxygen atoms in total. The van der Waals surface area contributed by atoms with Gasteiger partial charge in [0.15, 0.2) is 0 Å². The minimum absolute atomic E-state index is 0.130. The topological polar surface area (TPSA) is 81.9 Å². The van der Waals surface area contributed by atoms with Crippen molar-refractivity contribution in [3.8, 4) is 11.4 Å². The fourth-order valence-corrected chi connectivity index (χ4v) is 3.06. The lowest BCUT2D eigenvalue weighted by atomic mass is 10.3. The minimum Gasteiger partial charge on any atom is -0.497 e. The molecule has 1 N–H and O–H groups in total. The second kappa shape index (κ2) is 8.39. The quantitative estimate of drug-likeness (QED) is 0.624. The molecule has 1 aromatic heterocycles. The molecular weight excluding hydrogens is 397 g/mol. The summed E-state index contributed by atoms with van der Waals surface area (Å²) in [6.07, 6.45) is 0. The number of aromatic nitrogens is 4. The molecule has 0 aliphatic carbocycles. The van der Waals surface area contributed by atoms with Crippen molar-refractivity contribution in [3.63, 3.8) is 0 Å². The zero-order valence-electron chi connectivity index (χ0n) is 13.5. The number of nitrogens with one attached hydrogen (secondary N) is 1. The van der Waals surface area contributed by atoms with E-state index < -0.39 is 0 Å². The van der Waals surface area contributed by atoms with E-state index in [1.807, 2.05) is 18.2 Å². The van der Waals surface area contributed by atoms with Gasteiger partial charge in [0.2, 0.25) is 11.1 Å². The number of benzene rings is 2. The number of carbonyl (C=O) groups is 1. The molecule has 1 heterocycles. The van der Waals surface area contributed by atoms with E-state index >= 15 is 0 Å². The molecule has 3 rings (SSSR count). The van der Waals surface area contributed by atoms with Gasteiger partial charge in [-0.1, -0.05) is 41.0 Å². The van der Waals surface area contributed by atoms with Crippen LogP contribution in [-0.2, 0) is 4.79 Å². The van der Waals surface area contributed by atoms with Crippen molar-refractivity contribution in [2.75, 3.05) is 18.2 Å². The molecule has 0 saturated carbocycles. The molecule has 0 fully saturated rings. The molecule has 0 spiro atoms. The van der Waals surface area contributed by atoms with Crippen LogP contribution in [0.25, 0.3) is 5.69 Å². The first-order valence-electron chi connectivity index (χ1n) is 7.37. The average Bonchev–Trinajstić information content (AvgIpc) is 3.12. The smallest absolute Gasteiger partial charge is 0.234 e. The van der Waals surface area contributed by atoms with Crippen molar-refractivity contribution in [2.45, 2.75) is 5.16 Å². The number of carbonyl (C=O) groups excluding carboxylic acids is 1. The molecule has 10 heteroatoms. The normalized spacial score (nSPS) is 10.6. The van der Waals surface area contributed by atoms with Crippen LogP contribution < -0.4 is 10.1 Å². The van der Waals surface area contributed by atoms with Gasteiger partial charge in [-0.25, -0.2) is 0 Å². The monoisotopic (exact) mass is 409 g/mol. The summed E-state index contributed by atoms with van der Waals surface area (Å²) in [5, 5.41) is 15.6. The SMILES string of the molecule is COc1cccc(-n2nnnc2SCC(=O)Nc2ccc(Cl)c(Cl)c2)c1. The zero-order valence-corrected chi connectivity index (χ0v) is 15.8. The van der Waals surface area contributed by atoms with Crippen LogP contribution in [0, 0.1) is 0 Å². The Bertz CT molecular complexity index is 935. The summed E-state index contributed by atoms with van der Waals surface area (Å²) < 4.78 is 6.74. The van der Waals surface area contributed by atoms with Crippen LogP contribution in [-0.4, -0.2) is 39.0 Å². The van der Waals surface area contributed by atoms with Crippen LogP contribution >= 0.6 is 35.0 Å². The van der Waals surface area contributed by atoms with E-state index in [9.17, 15) is 4.79 Å². The highest BCUT2D eigenvalue weighted by Gasteiger charge is 2.12. The molecule has 134 valence electrons. The number of tetrazole rings is 1. The second-order valence-electron chi connectivity index (χ2n) is 5.04. The lowest BCUT2D eigenvalue weighted by Gasteiger charge is -2.07.